The average Bonchev–Trinajstić information content (AvgIpc) is 3.07. The van der Waals surface area contributed by atoms with Crippen molar-refractivity contribution in [2.24, 2.45) is 0 Å². The molecule has 47 heavy (non-hydrogen) atoms. The first-order valence-electron chi connectivity index (χ1n) is 17.8. The third-order valence-electron chi connectivity index (χ3n) is 11.3. The predicted octanol–water partition coefficient (Wildman–Crippen LogP) is 10.7. The standard InChI is InChI=1S/C43H52O4/c1-27-19-29(15-17-39(27)44)21-33-23-35(25-37(41(33)46)31-11-7-5-8-12-31)43(3,4)36-24-34(22-30-16-18-40(45)28(2)20-30)42(47)38(26-36)32-13-9-6-10-14-32/h15-20,23-26,31-32,44-47H,5-14,21-22H2,1-4H3. The maximum Gasteiger partial charge on any atom is 0.122 e. The third-order valence-corrected chi connectivity index (χ3v) is 11.3. The van der Waals surface area contributed by atoms with E-state index in [0.717, 1.165) is 70.2 Å². The van der Waals surface area contributed by atoms with Crippen LogP contribution in [0, 0.1) is 13.8 Å². The van der Waals surface area contributed by atoms with Gasteiger partial charge < -0.3 is 20.4 Å². The Balaban J connectivity index is 1.47. The Kier molecular flexibility index (Phi) is 9.60. The first-order chi connectivity index (χ1) is 22.5. The van der Waals surface area contributed by atoms with Crippen molar-refractivity contribution in [2.75, 3.05) is 0 Å². The second-order valence-corrected chi connectivity index (χ2v) is 15.0. The Morgan fingerprint density at radius 1 is 0.532 bits per heavy atom. The smallest absolute Gasteiger partial charge is 0.122 e. The highest BCUT2D eigenvalue weighted by Gasteiger charge is 2.31. The molecule has 0 heterocycles. The Bertz CT molecular complexity index is 1610. The summed E-state index contributed by atoms with van der Waals surface area (Å²) in [6.07, 6.45) is 12.8. The van der Waals surface area contributed by atoms with Crippen LogP contribution < -0.4 is 0 Å². The van der Waals surface area contributed by atoms with Gasteiger partial charge in [-0.15, -0.1) is 0 Å². The topological polar surface area (TPSA) is 80.9 Å². The number of hydrogen-bond acceptors (Lipinski definition) is 4. The number of aryl methyl sites for hydroxylation is 2. The largest absolute Gasteiger partial charge is 0.508 e. The van der Waals surface area contributed by atoms with E-state index < -0.39 is 5.41 Å². The molecule has 4 nitrogen and oxygen atoms in total. The van der Waals surface area contributed by atoms with Crippen LogP contribution in [0.5, 0.6) is 23.0 Å². The second-order valence-electron chi connectivity index (χ2n) is 15.0. The molecule has 0 aromatic heterocycles. The summed E-state index contributed by atoms with van der Waals surface area (Å²) in [5, 5.41) is 43.9. The van der Waals surface area contributed by atoms with E-state index >= 15 is 0 Å². The van der Waals surface area contributed by atoms with E-state index in [1.807, 2.05) is 38.1 Å². The molecule has 0 unspecified atom stereocenters. The number of phenolic OH excluding ortho intramolecular Hbond substituents is 4. The minimum Gasteiger partial charge on any atom is -0.508 e. The van der Waals surface area contributed by atoms with Crippen molar-refractivity contribution in [3.05, 3.63) is 116 Å². The van der Waals surface area contributed by atoms with Gasteiger partial charge in [0.2, 0.25) is 0 Å². The fourth-order valence-corrected chi connectivity index (χ4v) is 8.14. The summed E-state index contributed by atoms with van der Waals surface area (Å²) in [6, 6.07) is 20.4. The quantitative estimate of drug-likeness (QED) is 0.156. The Morgan fingerprint density at radius 3 is 1.28 bits per heavy atom. The van der Waals surface area contributed by atoms with Gasteiger partial charge >= 0.3 is 0 Å². The van der Waals surface area contributed by atoms with E-state index in [-0.39, 0.29) is 11.5 Å². The molecule has 2 aliphatic carbocycles. The van der Waals surface area contributed by atoms with Gasteiger partial charge in [0.05, 0.1) is 0 Å². The number of aromatic hydroxyl groups is 4. The highest BCUT2D eigenvalue weighted by molar-refractivity contribution is 5.56. The molecule has 2 aliphatic rings. The van der Waals surface area contributed by atoms with E-state index in [9.17, 15) is 20.4 Å². The van der Waals surface area contributed by atoms with Gasteiger partial charge in [-0.3, -0.25) is 0 Å². The van der Waals surface area contributed by atoms with Crippen LogP contribution in [0.2, 0.25) is 0 Å². The lowest BCUT2D eigenvalue weighted by Crippen LogP contribution is -2.22. The van der Waals surface area contributed by atoms with Crippen molar-refractivity contribution >= 4 is 0 Å². The molecular weight excluding hydrogens is 580 g/mol. The van der Waals surface area contributed by atoms with Crippen molar-refractivity contribution in [1.29, 1.82) is 0 Å². The third kappa shape index (κ3) is 7.03. The summed E-state index contributed by atoms with van der Waals surface area (Å²) in [7, 11) is 0. The van der Waals surface area contributed by atoms with Crippen LogP contribution in [0.25, 0.3) is 0 Å². The minimum absolute atomic E-state index is 0.287. The lowest BCUT2D eigenvalue weighted by molar-refractivity contribution is 0.409. The van der Waals surface area contributed by atoms with Gasteiger partial charge in [0, 0.05) is 18.3 Å². The molecule has 2 fully saturated rings. The fraction of sp³-hybridized carbons (Fsp3) is 0.442. The molecule has 0 radical (unpaired) electrons. The molecule has 4 N–H and O–H groups in total. The summed E-state index contributed by atoms with van der Waals surface area (Å²) in [5.74, 6) is 2.08. The van der Waals surface area contributed by atoms with Crippen LogP contribution in [-0.4, -0.2) is 20.4 Å². The van der Waals surface area contributed by atoms with Crippen molar-refractivity contribution in [3.8, 4) is 23.0 Å². The summed E-state index contributed by atoms with van der Waals surface area (Å²) in [4.78, 5) is 0. The number of rotatable bonds is 8. The Morgan fingerprint density at radius 2 is 0.915 bits per heavy atom. The van der Waals surface area contributed by atoms with Crippen LogP contribution in [0.4, 0.5) is 0 Å². The molecule has 0 atom stereocenters. The molecule has 0 saturated heterocycles. The van der Waals surface area contributed by atoms with Crippen molar-refractivity contribution in [2.45, 2.75) is 122 Å². The van der Waals surface area contributed by atoms with Gasteiger partial charge in [0.25, 0.3) is 0 Å². The van der Waals surface area contributed by atoms with E-state index in [2.05, 4.69) is 38.1 Å². The second kappa shape index (κ2) is 13.7. The number of hydrogen-bond donors (Lipinski definition) is 4. The lowest BCUT2D eigenvalue weighted by Gasteiger charge is -2.32. The summed E-state index contributed by atoms with van der Waals surface area (Å²) < 4.78 is 0. The van der Waals surface area contributed by atoms with Gasteiger partial charge in [-0.25, -0.2) is 0 Å². The fourth-order valence-electron chi connectivity index (χ4n) is 8.14. The lowest BCUT2D eigenvalue weighted by atomic mass is 9.72. The molecule has 4 heteroatoms. The van der Waals surface area contributed by atoms with E-state index in [0.29, 0.717) is 36.2 Å². The molecule has 0 amide bonds. The molecule has 2 saturated carbocycles. The summed E-state index contributed by atoms with van der Waals surface area (Å²) in [6.45, 7) is 8.39. The normalized spacial score (nSPS) is 16.4. The van der Waals surface area contributed by atoms with Crippen LogP contribution in [0.3, 0.4) is 0 Å². The van der Waals surface area contributed by atoms with Crippen molar-refractivity contribution in [1.82, 2.24) is 0 Å². The Labute approximate surface area is 281 Å². The van der Waals surface area contributed by atoms with Crippen molar-refractivity contribution < 1.29 is 20.4 Å². The first-order valence-corrected chi connectivity index (χ1v) is 17.8. The minimum atomic E-state index is -0.395. The molecule has 0 bridgehead atoms. The summed E-state index contributed by atoms with van der Waals surface area (Å²) in [5.41, 5.74) is 9.72. The summed E-state index contributed by atoms with van der Waals surface area (Å²) >= 11 is 0. The van der Waals surface area contributed by atoms with Crippen LogP contribution in [-0.2, 0) is 18.3 Å². The van der Waals surface area contributed by atoms with Crippen LogP contribution in [0.15, 0.2) is 60.7 Å². The zero-order valence-corrected chi connectivity index (χ0v) is 28.7. The van der Waals surface area contributed by atoms with Gasteiger partial charge in [-0.2, -0.15) is 0 Å². The zero-order chi connectivity index (χ0) is 33.3. The molecule has 6 rings (SSSR count). The highest BCUT2D eigenvalue weighted by atomic mass is 16.3. The van der Waals surface area contributed by atoms with Gasteiger partial charge in [-0.1, -0.05) is 101 Å². The predicted molar refractivity (Wildman–Crippen MR) is 191 cm³/mol. The van der Waals surface area contributed by atoms with Crippen LogP contribution in [0.1, 0.15) is 146 Å². The average molecular weight is 633 g/mol. The zero-order valence-electron chi connectivity index (χ0n) is 28.7. The maximum absolute atomic E-state index is 11.8. The molecule has 248 valence electrons. The SMILES string of the molecule is Cc1cc(Cc2cc(C(C)(C)c3cc(Cc4ccc(O)c(C)c4)c(O)c(C4CCCCC4)c3)cc(C3CCCCC3)c2O)ccc1O. The Hall–Kier alpha value is -3.92. The maximum atomic E-state index is 11.8. The molecular formula is C43H52O4. The monoisotopic (exact) mass is 632 g/mol. The van der Waals surface area contributed by atoms with Gasteiger partial charge in [0.1, 0.15) is 23.0 Å². The molecule has 0 spiro atoms. The highest BCUT2D eigenvalue weighted by Crippen LogP contribution is 2.46. The number of benzene rings is 4. The molecule has 4 aromatic carbocycles. The van der Waals surface area contributed by atoms with Crippen molar-refractivity contribution in [3.63, 3.8) is 0 Å². The molecule has 0 aliphatic heterocycles. The van der Waals surface area contributed by atoms with Gasteiger partial charge in [-0.05, 0) is 119 Å². The van der Waals surface area contributed by atoms with E-state index in [1.165, 1.54) is 49.7 Å². The van der Waals surface area contributed by atoms with Gasteiger partial charge in [0.15, 0.2) is 0 Å². The first kappa shape index (κ1) is 33.0. The van der Waals surface area contributed by atoms with Crippen LogP contribution >= 0.6 is 0 Å². The molecule has 4 aromatic rings. The van der Waals surface area contributed by atoms with E-state index in [1.54, 1.807) is 12.1 Å². The number of phenols is 4. The van der Waals surface area contributed by atoms with E-state index in [4.69, 9.17) is 0 Å².